The average molecular weight is 99.1 g/mol. The van der Waals surface area contributed by atoms with Gasteiger partial charge < -0.3 is 5.10 Å². The highest BCUT2D eigenvalue weighted by molar-refractivity contribution is 5.10. The molecule has 0 saturated heterocycles. The highest BCUT2D eigenvalue weighted by Gasteiger charge is 1.43. The van der Waals surface area contributed by atoms with Crippen LogP contribution in [0, 0.1) is 0 Å². The van der Waals surface area contributed by atoms with Gasteiger partial charge in [-0.1, -0.05) is 0 Å². The van der Waals surface area contributed by atoms with Crippen LogP contribution in [0.15, 0.2) is 6.33 Å². The van der Waals surface area contributed by atoms with Gasteiger partial charge in [-0.3, -0.25) is 15.7 Å². The van der Waals surface area contributed by atoms with Crippen molar-refractivity contribution in [3.63, 3.8) is 0 Å². The fourth-order valence-corrected chi connectivity index (χ4v) is 0.115. The number of hydrogen-bond donors (Lipinski definition) is 1. The average Bonchev–Trinajstić information content (AvgIpc) is 2.23. The lowest BCUT2D eigenvalue weighted by molar-refractivity contribution is -0.0979. The number of aromatic nitrogens is 4. The third-order valence-corrected chi connectivity index (χ3v) is 0.247. The third-order valence-electron chi connectivity index (χ3n) is 0.247. The molecule has 1 aromatic rings. The van der Waals surface area contributed by atoms with Crippen LogP contribution in [0.2, 0.25) is 0 Å². The summed E-state index contributed by atoms with van der Waals surface area (Å²) in [5.74, 6) is 0. The van der Waals surface area contributed by atoms with Crippen molar-refractivity contribution in [1.29, 1.82) is 0 Å². The van der Waals surface area contributed by atoms with Gasteiger partial charge in [-0.15, -0.1) is 0 Å². The molecule has 0 aliphatic heterocycles. The number of nitrogens with two attached hydrogens (primary N) is 1. The third kappa shape index (κ3) is 2.54. The summed E-state index contributed by atoms with van der Waals surface area (Å²) in [6.07, 6.45) is 1.28. The van der Waals surface area contributed by atoms with Gasteiger partial charge in [0.1, 0.15) is 6.72 Å². The normalized spacial score (nSPS) is 6.29. The summed E-state index contributed by atoms with van der Waals surface area (Å²) in [6, 6.07) is 0. The smallest absolute Gasteiger partial charge is 0.123 e. The Bertz CT molecular complexity index is 73.0. The number of nitrogens with zero attached hydrogens (tertiary/aromatic N) is 4. The van der Waals surface area contributed by atoms with E-state index >= 15 is 0 Å². The Balaban J connectivity index is 0.000000162. The van der Waals surface area contributed by atoms with Gasteiger partial charge in [-0.05, 0) is 6.33 Å². The van der Waals surface area contributed by atoms with Crippen LogP contribution in [0.3, 0.4) is 0 Å². The molecule has 0 fully saturated rings. The molecule has 1 aromatic heterocycles. The maximum absolute atomic E-state index is 4.25. The summed E-state index contributed by atoms with van der Waals surface area (Å²) in [6.45, 7) is 2.75. The molecule has 0 radical (unpaired) electrons. The quantitative estimate of drug-likeness (QED) is 0.358. The van der Waals surface area contributed by atoms with Gasteiger partial charge in [0.25, 0.3) is 0 Å². The van der Waals surface area contributed by atoms with E-state index < -0.39 is 0 Å². The predicted octanol–water partition coefficient (Wildman–Crippen LogP) is -2.73. The highest BCUT2D eigenvalue weighted by atomic mass is 15.5. The van der Waals surface area contributed by atoms with Crippen molar-refractivity contribution >= 4 is 6.72 Å². The molecular formula is C2H5N5. The van der Waals surface area contributed by atoms with Crippen molar-refractivity contribution in [1.82, 2.24) is 20.6 Å². The minimum absolute atomic E-state index is 1.28. The van der Waals surface area contributed by atoms with E-state index in [0.29, 0.717) is 0 Å². The van der Waals surface area contributed by atoms with Crippen LogP contribution in [0.5, 0.6) is 0 Å². The summed E-state index contributed by atoms with van der Waals surface area (Å²) < 4.78 is 0. The molecule has 38 valence electrons. The topological polar surface area (TPSA) is 78.4 Å². The zero-order chi connectivity index (χ0) is 5.54. The standard InChI is InChI=1S/CHN4.CH3N/c1-2-4-5-3-1;1-2/h1H;2H,1H2/q-1;/p+1. The van der Waals surface area contributed by atoms with Gasteiger partial charge in [-0.25, -0.2) is 0 Å². The van der Waals surface area contributed by atoms with Crippen LogP contribution in [0.25, 0.3) is 0 Å². The molecule has 0 amide bonds. The molecule has 2 N–H and O–H groups in total. The summed E-state index contributed by atoms with van der Waals surface area (Å²) in [5, 5.41) is 17.0. The fourth-order valence-electron chi connectivity index (χ4n) is 0.115. The molecule has 1 heterocycles. The van der Waals surface area contributed by atoms with Crippen molar-refractivity contribution in [2.24, 2.45) is 0 Å². The second kappa shape index (κ2) is 4.74. The Hall–Kier alpha value is -1.26. The molecule has 0 saturated carbocycles. The Labute approximate surface area is 40.3 Å². The molecule has 0 aliphatic rings. The monoisotopic (exact) mass is 99.1 g/mol. The molecule has 1 rings (SSSR count). The first-order valence-electron chi connectivity index (χ1n) is 1.52. The van der Waals surface area contributed by atoms with E-state index in [1.807, 2.05) is 0 Å². The first-order valence-corrected chi connectivity index (χ1v) is 1.52. The number of tetrazole rings is 1. The van der Waals surface area contributed by atoms with Crippen LogP contribution < -0.4 is 10.5 Å². The van der Waals surface area contributed by atoms with Gasteiger partial charge in [0.15, 0.2) is 0 Å². The second-order valence-electron chi connectivity index (χ2n) is 0.525. The van der Waals surface area contributed by atoms with Crippen LogP contribution in [-0.2, 0) is 0 Å². The summed E-state index contributed by atoms with van der Waals surface area (Å²) in [7, 11) is 0. The lowest BCUT2D eigenvalue weighted by Gasteiger charge is -1.58. The fraction of sp³-hybridized carbons (Fsp3) is 0. The molecule has 7 heavy (non-hydrogen) atoms. The molecule has 0 aliphatic carbocycles. The zero-order valence-electron chi connectivity index (χ0n) is 3.65. The first kappa shape index (κ1) is 5.74. The van der Waals surface area contributed by atoms with Gasteiger partial charge >= 0.3 is 0 Å². The van der Waals surface area contributed by atoms with Crippen molar-refractivity contribution in [2.75, 3.05) is 0 Å². The van der Waals surface area contributed by atoms with Gasteiger partial charge in [0, 0.05) is 0 Å². The van der Waals surface area contributed by atoms with Crippen molar-refractivity contribution < 1.29 is 5.41 Å². The van der Waals surface area contributed by atoms with E-state index in [9.17, 15) is 0 Å². The predicted molar refractivity (Wildman–Crippen MR) is 22.2 cm³/mol. The second-order valence-corrected chi connectivity index (χ2v) is 0.525. The lowest BCUT2D eigenvalue weighted by Crippen LogP contribution is -2.21. The molecule has 0 atom stereocenters. The molecule has 0 aromatic carbocycles. The number of hydrogen-bond acceptors (Lipinski definition) is 3. The molecule has 5 nitrogen and oxygen atoms in total. The van der Waals surface area contributed by atoms with E-state index in [2.05, 4.69) is 32.8 Å². The van der Waals surface area contributed by atoms with E-state index in [1.54, 1.807) is 0 Å². The van der Waals surface area contributed by atoms with Crippen LogP contribution in [0.4, 0.5) is 0 Å². The van der Waals surface area contributed by atoms with E-state index in [-0.39, 0.29) is 0 Å². The van der Waals surface area contributed by atoms with E-state index in [4.69, 9.17) is 0 Å². The minimum atomic E-state index is 1.28. The number of rotatable bonds is 0. The van der Waals surface area contributed by atoms with E-state index in [1.165, 1.54) is 6.33 Å². The van der Waals surface area contributed by atoms with Crippen molar-refractivity contribution in [3.8, 4) is 0 Å². The van der Waals surface area contributed by atoms with Crippen molar-refractivity contribution in [3.05, 3.63) is 6.33 Å². The Morgan fingerprint density at radius 3 is 2.43 bits per heavy atom. The van der Waals surface area contributed by atoms with Crippen LogP contribution >= 0.6 is 0 Å². The Morgan fingerprint density at radius 2 is 2.29 bits per heavy atom. The molecular weight excluding hydrogens is 94.1 g/mol. The first-order chi connectivity index (χ1) is 3.50. The maximum atomic E-state index is 4.25. The summed E-state index contributed by atoms with van der Waals surface area (Å²) >= 11 is 0. The van der Waals surface area contributed by atoms with Crippen LogP contribution in [-0.4, -0.2) is 22.2 Å². The minimum Gasteiger partial charge on any atom is -0.339 e. The zero-order valence-corrected chi connectivity index (χ0v) is 3.65. The molecule has 0 spiro atoms. The highest BCUT2D eigenvalue weighted by Crippen LogP contribution is 1.41. The Kier molecular flexibility index (Phi) is 3.89. The largest absolute Gasteiger partial charge is 0.339 e. The van der Waals surface area contributed by atoms with Gasteiger partial charge in [0.2, 0.25) is 0 Å². The SMILES string of the molecule is C=[NH2+].c1nnn[n-]1. The van der Waals surface area contributed by atoms with Gasteiger partial charge in [-0.2, -0.15) is 5.21 Å². The van der Waals surface area contributed by atoms with Crippen molar-refractivity contribution in [2.45, 2.75) is 0 Å². The summed E-state index contributed by atoms with van der Waals surface area (Å²) in [5.41, 5.74) is 0. The van der Waals surface area contributed by atoms with Gasteiger partial charge in [0.05, 0.1) is 0 Å². The maximum Gasteiger partial charge on any atom is 0.123 e. The van der Waals surface area contributed by atoms with Crippen LogP contribution in [0.1, 0.15) is 0 Å². The lowest BCUT2D eigenvalue weighted by atomic mass is 11.4. The summed E-state index contributed by atoms with van der Waals surface area (Å²) in [4.78, 5) is 0. The van der Waals surface area contributed by atoms with E-state index in [0.717, 1.165) is 0 Å². The molecule has 0 unspecified atom stereocenters. The molecule has 5 heteroatoms. The Morgan fingerprint density at radius 1 is 1.57 bits per heavy atom. The molecule has 0 bridgehead atoms.